The largest absolute Gasteiger partial charge is 0.256 e. The lowest BCUT2D eigenvalue weighted by atomic mass is 9.88. The van der Waals surface area contributed by atoms with E-state index in [4.69, 9.17) is 24.9 Å². The lowest BCUT2D eigenvalue weighted by Gasteiger charge is -2.19. The number of aromatic nitrogens is 5. The van der Waals surface area contributed by atoms with Gasteiger partial charge in [0.25, 0.3) is 0 Å². The lowest BCUT2D eigenvalue weighted by Crippen LogP contribution is -2.05. The number of hydrogen-bond acceptors (Lipinski definition) is 5. The molecule has 1 unspecified atom stereocenters. The molecule has 5 heteroatoms. The number of rotatable bonds is 7. The maximum Gasteiger partial charge on any atom is 0.160 e. The Balaban J connectivity index is 0.961. The Bertz CT molecular complexity index is 3710. The smallest absolute Gasteiger partial charge is 0.160 e. The third kappa shape index (κ3) is 7.23. The van der Waals surface area contributed by atoms with Gasteiger partial charge in [0, 0.05) is 56.2 Å². The van der Waals surface area contributed by atoms with Crippen molar-refractivity contribution in [2.45, 2.75) is 19.3 Å². The number of para-hydroxylation sites is 1. The molecular formula is C60H41N5. The summed E-state index contributed by atoms with van der Waals surface area (Å²) in [5.74, 6) is 0.773. The second-order valence-electron chi connectivity index (χ2n) is 16.9. The zero-order chi connectivity index (χ0) is 43.3. The minimum atomic E-state index is 0.0592. The Morgan fingerprint density at radius 3 is 2.00 bits per heavy atom. The first-order chi connectivity index (χ1) is 32.1. The minimum Gasteiger partial charge on any atom is -0.256 e. The van der Waals surface area contributed by atoms with Crippen molar-refractivity contribution in [3.05, 3.63) is 229 Å². The van der Waals surface area contributed by atoms with Crippen LogP contribution in [-0.2, 0) is 0 Å². The monoisotopic (exact) mass is 831 g/mol. The van der Waals surface area contributed by atoms with E-state index in [2.05, 4.69) is 182 Å². The molecule has 0 aliphatic heterocycles. The van der Waals surface area contributed by atoms with Crippen molar-refractivity contribution in [2.24, 2.45) is 0 Å². The van der Waals surface area contributed by atoms with Crippen LogP contribution in [0, 0.1) is 6.92 Å². The lowest BCUT2D eigenvalue weighted by molar-refractivity contribution is 0.814. The molecule has 7 aromatic carbocycles. The predicted octanol–water partition coefficient (Wildman–Crippen LogP) is 15.0. The molecule has 0 fully saturated rings. The zero-order valence-corrected chi connectivity index (χ0v) is 35.7. The molecule has 0 spiro atoms. The fourth-order valence-electron chi connectivity index (χ4n) is 9.35. The summed E-state index contributed by atoms with van der Waals surface area (Å²) in [6.45, 7) is 2.04. The summed E-state index contributed by atoms with van der Waals surface area (Å²) < 4.78 is 0. The van der Waals surface area contributed by atoms with Gasteiger partial charge in [0.2, 0.25) is 0 Å². The van der Waals surface area contributed by atoms with E-state index >= 15 is 0 Å². The molecule has 0 saturated carbocycles. The van der Waals surface area contributed by atoms with Gasteiger partial charge in [-0.3, -0.25) is 9.97 Å². The van der Waals surface area contributed by atoms with Gasteiger partial charge in [-0.25, -0.2) is 15.0 Å². The molecule has 4 heterocycles. The van der Waals surface area contributed by atoms with E-state index < -0.39 is 0 Å². The summed E-state index contributed by atoms with van der Waals surface area (Å²) in [4.78, 5) is 25.6. The van der Waals surface area contributed by atoms with Gasteiger partial charge >= 0.3 is 0 Å². The van der Waals surface area contributed by atoms with Crippen LogP contribution in [0.2, 0.25) is 0 Å². The van der Waals surface area contributed by atoms with Crippen molar-refractivity contribution in [2.75, 3.05) is 0 Å². The normalized spacial score (nSPS) is 13.7. The van der Waals surface area contributed by atoms with Crippen molar-refractivity contribution < 1.29 is 0 Å². The van der Waals surface area contributed by atoms with E-state index in [-0.39, 0.29) is 5.92 Å². The van der Waals surface area contributed by atoms with Crippen LogP contribution in [0.15, 0.2) is 212 Å². The highest BCUT2D eigenvalue weighted by atomic mass is 14.9. The Morgan fingerprint density at radius 1 is 0.431 bits per heavy atom. The topological polar surface area (TPSA) is 64.5 Å². The molecule has 1 aliphatic carbocycles. The fourth-order valence-corrected chi connectivity index (χ4v) is 9.35. The second-order valence-corrected chi connectivity index (χ2v) is 16.9. The molecule has 4 aromatic heterocycles. The number of benzene rings is 7. The minimum absolute atomic E-state index is 0.0592. The molecule has 0 bridgehead atoms. The quantitative estimate of drug-likeness (QED) is 0.150. The first-order valence-electron chi connectivity index (χ1n) is 22.2. The van der Waals surface area contributed by atoms with E-state index in [1.807, 2.05) is 37.4 Å². The number of fused-ring (bicyclic) bond motifs is 5. The molecule has 0 N–H and O–H groups in total. The van der Waals surface area contributed by atoms with E-state index in [0.29, 0.717) is 5.82 Å². The summed E-state index contributed by atoms with van der Waals surface area (Å²) in [6, 6.07) is 66.5. The summed E-state index contributed by atoms with van der Waals surface area (Å²) in [6.07, 6.45) is 9.54. The summed E-state index contributed by atoms with van der Waals surface area (Å²) in [5, 5.41) is 5.66. The van der Waals surface area contributed by atoms with Crippen molar-refractivity contribution >= 4 is 49.1 Å². The van der Waals surface area contributed by atoms with E-state index in [1.54, 1.807) is 0 Å². The Morgan fingerprint density at radius 2 is 1.11 bits per heavy atom. The van der Waals surface area contributed by atoms with Crippen LogP contribution in [0.4, 0.5) is 0 Å². The highest BCUT2D eigenvalue weighted by Gasteiger charge is 2.20. The number of allylic oxidation sites excluding steroid dienone is 4. The van der Waals surface area contributed by atoms with E-state index in [0.717, 1.165) is 112 Å². The number of hydrogen-bond donors (Lipinski definition) is 0. The Hall–Kier alpha value is -8.41. The van der Waals surface area contributed by atoms with Crippen molar-refractivity contribution in [3.8, 4) is 56.2 Å². The molecule has 65 heavy (non-hydrogen) atoms. The summed E-state index contributed by atoms with van der Waals surface area (Å²) in [5.41, 5.74) is 16.4. The van der Waals surface area contributed by atoms with E-state index in [9.17, 15) is 0 Å². The number of nitrogens with zero attached hydrogens (tertiary/aromatic N) is 5. The molecule has 11 aromatic rings. The van der Waals surface area contributed by atoms with Gasteiger partial charge in [-0.2, -0.15) is 0 Å². The van der Waals surface area contributed by atoms with Crippen LogP contribution < -0.4 is 0 Å². The van der Waals surface area contributed by atoms with Gasteiger partial charge in [-0.05, 0) is 94.4 Å². The summed E-state index contributed by atoms with van der Waals surface area (Å²) in [7, 11) is 0. The van der Waals surface area contributed by atoms with Crippen LogP contribution in [0.1, 0.15) is 29.3 Å². The van der Waals surface area contributed by atoms with Crippen LogP contribution in [0.3, 0.4) is 0 Å². The standard InChI is InChI=1S/C60H41N5/c1-38-25-26-41-29-30-52-53(36-54(63-59(52)58(41)62-38)50-28-27-39-12-5-6-15-43(39)33-50)47-20-7-17-44(32-47)45-18-8-21-48(34-45)55-37-56(65-60(64-55)42-13-3-2-4-14-42)49-22-9-19-46(35-49)51-24-10-16-40-23-11-31-61-57(40)51/h2-21,23-37,49H,22H2,1H3. The average Bonchev–Trinajstić information content (AvgIpc) is 3.38. The third-order valence-corrected chi connectivity index (χ3v) is 12.7. The van der Waals surface area contributed by atoms with Crippen LogP contribution in [-0.4, -0.2) is 24.9 Å². The maximum atomic E-state index is 5.35. The highest BCUT2D eigenvalue weighted by molar-refractivity contribution is 6.09. The van der Waals surface area contributed by atoms with Gasteiger partial charge in [0.1, 0.15) is 0 Å². The Labute approximate surface area is 377 Å². The van der Waals surface area contributed by atoms with Crippen LogP contribution >= 0.6 is 0 Å². The molecular weight excluding hydrogens is 791 g/mol. The maximum absolute atomic E-state index is 5.35. The molecule has 1 aliphatic rings. The molecule has 0 amide bonds. The van der Waals surface area contributed by atoms with Crippen molar-refractivity contribution in [1.82, 2.24) is 24.9 Å². The first-order valence-corrected chi connectivity index (χ1v) is 22.2. The SMILES string of the molecule is Cc1ccc2ccc3c(-c4cccc(-c5cccc(-c6cc(C7C=C(c8cccc9cccnc89)C=CC7)nc(-c7ccccc7)n6)c5)c4)cc(-c4ccc5ccccc5c4)nc3c2n1. The highest BCUT2D eigenvalue weighted by Crippen LogP contribution is 2.39. The number of pyridine rings is 3. The fraction of sp³-hybridized carbons (Fsp3) is 0.0500. The molecule has 1 atom stereocenters. The first kappa shape index (κ1) is 38.3. The number of aryl methyl sites for hydroxylation is 1. The van der Waals surface area contributed by atoms with Gasteiger partial charge in [0.15, 0.2) is 5.82 Å². The van der Waals surface area contributed by atoms with E-state index in [1.165, 1.54) is 10.8 Å². The van der Waals surface area contributed by atoms with Gasteiger partial charge in [0.05, 0.1) is 33.6 Å². The molecule has 0 radical (unpaired) electrons. The van der Waals surface area contributed by atoms with Gasteiger partial charge in [-0.1, -0.05) is 164 Å². The van der Waals surface area contributed by atoms with Gasteiger partial charge < -0.3 is 0 Å². The predicted molar refractivity (Wildman–Crippen MR) is 268 cm³/mol. The van der Waals surface area contributed by atoms with Crippen LogP contribution in [0.25, 0.3) is 105 Å². The molecule has 0 saturated heterocycles. The van der Waals surface area contributed by atoms with Crippen molar-refractivity contribution in [3.63, 3.8) is 0 Å². The third-order valence-electron chi connectivity index (χ3n) is 12.7. The van der Waals surface area contributed by atoms with Crippen molar-refractivity contribution in [1.29, 1.82) is 0 Å². The Kier molecular flexibility index (Phi) is 9.45. The van der Waals surface area contributed by atoms with Crippen LogP contribution in [0.5, 0.6) is 0 Å². The molecule has 5 nitrogen and oxygen atoms in total. The molecule has 12 rings (SSSR count). The van der Waals surface area contributed by atoms with Gasteiger partial charge in [-0.15, -0.1) is 0 Å². The molecule has 306 valence electrons. The second kappa shape index (κ2) is 16.1. The zero-order valence-electron chi connectivity index (χ0n) is 35.7. The summed E-state index contributed by atoms with van der Waals surface area (Å²) >= 11 is 0. The average molecular weight is 832 g/mol.